The maximum Gasteiger partial charge on any atom is 0.161 e. The molecule has 0 aliphatic carbocycles. The van der Waals surface area contributed by atoms with Crippen LogP contribution in [0.1, 0.15) is 11.7 Å². The average molecular weight is 613 g/mol. The number of ether oxygens (including phenoxy) is 6. The van der Waals surface area contributed by atoms with E-state index in [-0.39, 0.29) is 4.58 Å². The summed E-state index contributed by atoms with van der Waals surface area (Å²) in [6, 6.07) is 13.3. The van der Waals surface area contributed by atoms with Crippen molar-refractivity contribution < 1.29 is 33.5 Å². The van der Waals surface area contributed by atoms with E-state index in [2.05, 4.69) is 0 Å². The van der Waals surface area contributed by atoms with Gasteiger partial charge in [0.05, 0.1) is 31.0 Å². The van der Waals surface area contributed by atoms with Crippen LogP contribution >= 0.6 is 47.0 Å². The molecule has 2 aromatic carbocycles. The topological polar surface area (TPSA) is 75.6 Å². The third-order valence-electron chi connectivity index (χ3n) is 6.45. The predicted octanol–water partition coefficient (Wildman–Crippen LogP) is 5.21. The summed E-state index contributed by atoms with van der Waals surface area (Å²) >= 11 is 7.87. The van der Waals surface area contributed by atoms with E-state index in [9.17, 15) is 5.11 Å². The van der Waals surface area contributed by atoms with E-state index in [4.69, 9.17) is 28.4 Å². The summed E-state index contributed by atoms with van der Waals surface area (Å²) < 4.78 is 35.3. The van der Waals surface area contributed by atoms with Gasteiger partial charge in [0, 0.05) is 33.5 Å². The van der Waals surface area contributed by atoms with Crippen LogP contribution in [-0.4, -0.2) is 90.6 Å². The first-order chi connectivity index (χ1) is 19.2. The van der Waals surface area contributed by atoms with Gasteiger partial charge < -0.3 is 33.5 Å². The molecule has 0 bridgehead atoms. The van der Waals surface area contributed by atoms with Crippen molar-refractivity contribution in [2.75, 3.05) is 81.0 Å². The average Bonchev–Trinajstić information content (AvgIpc) is 2.97. The van der Waals surface area contributed by atoms with E-state index in [1.54, 1.807) is 0 Å². The number of rotatable bonds is 2. The maximum absolute atomic E-state index is 11.3. The third-order valence-corrected chi connectivity index (χ3v) is 13.0. The highest BCUT2D eigenvalue weighted by Crippen LogP contribution is 2.50. The van der Waals surface area contributed by atoms with Crippen LogP contribution < -0.4 is 18.9 Å². The molecule has 2 aromatic rings. The fourth-order valence-electron chi connectivity index (χ4n) is 4.41. The molecule has 0 radical (unpaired) electrons. The van der Waals surface area contributed by atoms with E-state index in [0.29, 0.717) is 81.3 Å². The quantitative estimate of drug-likeness (QED) is 0.486. The van der Waals surface area contributed by atoms with Gasteiger partial charge in [0.25, 0.3) is 0 Å². The van der Waals surface area contributed by atoms with E-state index >= 15 is 0 Å². The summed E-state index contributed by atoms with van der Waals surface area (Å²) in [6.07, 6.45) is -0.581. The standard InChI is InChI=1S/C28H36O7S4/c29-26(27-38-18-28(19-39-27)16-36-20-37-17-28)21-5-6-24-25(15-21)35-14-10-31-8-12-33-23-4-2-1-3-22(23)32-11-7-30-9-13-34-24/h1-6,15,26-27,29H,7-14,16-20H2. The van der Waals surface area contributed by atoms with Crippen LogP contribution in [0.4, 0.5) is 0 Å². The monoisotopic (exact) mass is 612 g/mol. The minimum absolute atomic E-state index is 0.106. The molecule has 7 nitrogen and oxygen atoms in total. The molecule has 0 saturated carbocycles. The number of aliphatic hydroxyl groups excluding tert-OH is 1. The largest absolute Gasteiger partial charge is 0.487 e. The summed E-state index contributed by atoms with van der Waals surface area (Å²) in [7, 11) is 0. The zero-order valence-corrected chi connectivity index (χ0v) is 25.2. The normalized spacial score (nSPS) is 22.4. The first-order valence-corrected chi connectivity index (χ1v) is 17.6. The molecule has 214 valence electrons. The summed E-state index contributed by atoms with van der Waals surface area (Å²) in [5.74, 6) is 7.26. The van der Waals surface area contributed by atoms with Crippen molar-refractivity contribution >= 4 is 47.0 Å². The van der Waals surface area contributed by atoms with Gasteiger partial charge in [-0.15, -0.1) is 23.5 Å². The van der Waals surface area contributed by atoms with Crippen molar-refractivity contribution in [1.82, 2.24) is 0 Å². The van der Waals surface area contributed by atoms with Crippen molar-refractivity contribution in [3.8, 4) is 23.0 Å². The summed E-state index contributed by atoms with van der Waals surface area (Å²) in [5.41, 5.74) is 1.24. The van der Waals surface area contributed by atoms with Gasteiger partial charge in [-0.05, 0) is 29.8 Å². The highest BCUT2D eigenvalue weighted by molar-refractivity contribution is 8.18. The summed E-state index contributed by atoms with van der Waals surface area (Å²) in [6.45, 7) is 3.24. The minimum Gasteiger partial charge on any atom is -0.487 e. The lowest BCUT2D eigenvalue weighted by Crippen LogP contribution is -2.39. The minimum atomic E-state index is -0.581. The zero-order valence-electron chi connectivity index (χ0n) is 21.9. The molecule has 3 aliphatic rings. The Morgan fingerprint density at radius 3 is 1.72 bits per heavy atom. The third kappa shape index (κ3) is 8.47. The van der Waals surface area contributed by atoms with Crippen molar-refractivity contribution in [1.29, 1.82) is 0 Å². The van der Waals surface area contributed by atoms with E-state index in [1.807, 2.05) is 89.5 Å². The lowest BCUT2D eigenvalue weighted by atomic mass is 9.99. The first-order valence-electron chi connectivity index (χ1n) is 13.2. The van der Waals surface area contributed by atoms with Gasteiger partial charge in [-0.1, -0.05) is 18.2 Å². The van der Waals surface area contributed by atoms with Gasteiger partial charge in [0.2, 0.25) is 0 Å². The van der Waals surface area contributed by atoms with E-state index < -0.39 is 6.10 Å². The molecule has 0 amide bonds. The Balaban J connectivity index is 1.18. The van der Waals surface area contributed by atoms with Crippen LogP contribution in [0.15, 0.2) is 42.5 Å². The number of fused-ring (bicyclic) bond motifs is 2. The molecule has 2 saturated heterocycles. The van der Waals surface area contributed by atoms with Gasteiger partial charge in [-0.2, -0.15) is 23.5 Å². The smallest absolute Gasteiger partial charge is 0.161 e. The Morgan fingerprint density at radius 1 is 0.641 bits per heavy atom. The van der Waals surface area contributed by atoms with Crippen LogP contribution in [0.3, 0.4) is 0 Å². The first kappa shape index (κ1) is 29.4. The van der Waals surface area contributed by atoms with Crippen LogP contribution in [-0.2, 0) is 9.47 Å². The Hall–Kier alpha value is -1.08. The second-order valence-electron chi connectivity index (χ2n) is 9.52. The SMILES string of the molecule is OC(c1ccc2c(c1)OCCOCCOc1ccccc1OCCOCCO2)C1SCC2(CSCSC2)CS1. The Morgan fingerprint density at radius 2 is 1.15 bits per heavy atom. The molecule has 1 N–H and O–H groups in total. The van der Waals surface area contributed by atoms with Crippen molar-refractivity contribution in [3.63, 3.8) is 0 Å². The van der Waals surface area contributed by atoms with Crippen molar-refractivity contribution in [3.05, 3.63) is 48.0 Å². The number of hydrogen-bond acceptors (Lipinski definition) is 11. The molecule has 1 spiro atoms. The van der Waals surface area contributed by atoms with Gasteiger partial charge in [-0.3, -0.25) is 0 Å². The maximum atomic E-state index is 11.3. The molecular weight excluding hydrogens is 577 g/mol. The van der Waals surface area contributed by atoms with Gasteiger partial charge in [-0.25, -0.2) is 0 Å². The molecule has 11 heteroatoms. The number of thioether (sulfide) groups is 4. The second kappa shape index (κ2) is 15.2. The summed E-state index contributed by atoms with van der Waals surface area (Å²) in [4.78, 5) is 0. The fourth-order valence-corrected chi connectivity index (χ4v) is 10.9. The second-order valence-corrected chi connectivity index (χ2v) is 14.4. The number of benzene rings is 2. The molecule has 0 aromatic heterocycles. The zero-order chi connectivity index (χ0) is 26.8. The number of hydrogen-bond donors (Lipinski definition) is 1. The Labute approximate surface area is 247 Å². The van der Waals surface area contributed by atoms with E-state index in [1.165, 1.54) is 16.6 Å². The highest BCUT2D eigenvalue weighted by atomic mass is 32.2. The van der Waals surface area contributed by atoms with Crippen molar-refractivity contribution in [2.45, 2.75) is 10.7 Å². The molecule has 39 heavy (non-hydrogen) atoms. The Kier molecular flexibility index (Phi) is 11.5. The molecule has 2 fully saturated rings. The van der Waals surface area contributed by atoms with Crippen LogP contribution in [0.25, 0.3) is 0 Å². The summed E-state index contributed by atoms with van der Waals surface area (Å²) in [5, 5.41) is 12.5. The number of para-hydroxylation sites is 2. The van der Waals surface area contributed by atoms with Crippen LogP contribution in [0, 0.1) is 5.41 Å². The molecule has 3 heterocycles. The van der Waals surface area contributed by atoms with Crippen LogP contribution in [0.5, 0.6) is 23.0 Å². The molecule has 1 atom stereocenters. The van der Waals surface area contributed by atoms with Crippen LogP contribution in [0.2, 0.25) is 0 Å². The molecule has 5 rings (SSSR count). The van der Waals surface area contributed by atoms with Gasteiger partial charge in [0.1, 0.15) is 32.5 Å². The van der Waals surface area contributed by atoms with Gasteiger partial charge >= 0.3 is 0 Å². The molecular formula is C28H36O7S4. The lowest BCUT2D eigenvalue weighted by Gasteiger charge is -2.42. The molecule has 3 aliphatic heterocycles. The van der Waals surface area contributed by atoms with Gasteiger partial charge in [0.15, 0.2) is 23.0 Å². The lowest BCUT2D eigenvalue weighted by molar-refractivity contribution is 0.0639. The highest BCUT2D eigenvalue weighted by Gasteiger charge is 2.40. The molecule has 1 unspecified atom stereocenters. The fraction of sp³-hybridized carbons (Fsp3) is 0.571. The van der Waals surface area contributed by atoms with E-state index in [0.717, 1.165) is 17.1 Å². The Bertz CT molecular complexity index is 1030. The van der Waals surface area contributed by atoms with Crippen molar-refractivity contribution in [2.24, 2.45) is 5.41 Å². The number of aliphatic hydroxyl groups is 1. The predicted molar refractivity (Wildman–Crippen MR) is 162 cm³/mol.